The van der Waals surface area contributed by atoms with Gasteiger partial charge < -0.3 is 24.1 Å². The molecule has 0 aliphatic carbocycles. The van der Waals surface area contributed by atoms with E-state index in [0.29, 0.717) is 48.9 Å². The minimum atomic E-state index is -4.49. The van der Waals surface area contributed by atoms with Crippen LogP contribution in [0, 0.1) is 0 Å². The van der Waals surface area contributed by atoms with E-state index in [0.717, 1.165) is 24.6 Å². The van der Waals surface area contributed by atoms with Gasteiger partial charge in [-0.3, -0.25) is 4.90 Å². The molecule has 4 rings (SSSR count). The second-order valence-corrected chi connectivity index (χ2v) is 9.09. The number of alkyl halides is 3. The summed E-state index contributed by atoms with van der Waals surface area (Å²) in [6, 6.07) is 9.94. The highest BCUT2D eigenvalue weighted by Gasteiger charge is 2.38. The molecule has 11 heteroatoms. The van der Waals surface area contributed by atoms with Crippen LogP contribution in [-0.4, -0.2) is 54.7 Å². The average molecular weight is 540 g/mol. The van der Waals surface area contributed by atoms with Gasteiger partial charge in [0.1, 0.15) is 36.2 Å². The fraction of sp³-hybridized carbons (Fsp3) is 0.346. The number of ether oxygens (including phenoxy) is 4. The number of fused-ring (bicyclic) bond motifs is 1. The Bertz CT molecular complexity index is 1210. The average Bonchev–Trinajstić information content (AvgIpc) is 2.83. The zero-order valence-corrected chi connectivity index (χ0v) is 20.6. The first-order chi connectivity index (χ1) is 17.6. The molecule has 7 nitrogen and oxygen atoms in total. The summed E-state index contributed by atoms with van der Waals surface area (Å²) in [6.45, 7) is 3.29. The molecule has 0 aromatic heterocycles. The fourth-order valence-electron chi connectivity index (χ4n) is 3.91. The Morgan fingerprint density at radius 2 is 2.05 bits per heavy atom. The minimum Gasteiger partial charge on any atom is -0.489 e. The standard InChI is InChI=1S/C26H25ClF3NO6/c1-16(26(28,29)30)36-23-7-4-17(10-22(23)27)14-34-20-6-5-19-9-18(15-35-24(19)11-20)12-31-8-2-3-21(13-31)37-25(32)33/h3-7,9-11,16H,2,8,12-15H2,1H3,(H,32,33)/t16-/m0/s1. The molecule has 2 aliphatic rings. The van der Waals surface area contributed by atoms with Gasteiger partial charge in [-0.05, 0) is 60.9 Å². The lowest BCUT2D eigenvalue weighted by Gasteiger charge is -2.28. The number of nitrogens with zero attached hydrogens (tertiary/aromatic N) is 1. The van der Waals surface area contributed by atoms with Gasteiger partial charge in [0.25, 0.3) is 0 Å². The fourth-order valence-corrected chi connectivity index (χ4v) is 4.15. The van der Waals surface area contributed by atoms with E-state index >= 15 is 0 Å². The molecule has 2 aliphatic heterocycles. The van der Waals surface area contributed by atoms with Crippen LogP contribution >= 0.6 is 11.6 Å². The highest BCUT2D eigenvalue weighted by Crippen LogP contribution is 2.33. The largest absolute Gasteiger partial charge is 0.511 e. The van der Waals surface area contributed by atoms with Crippen molar-refractivity contribution < 1.29 is 42.0 Å². The molecule has 37 heavy (non-hydrogen) atoms. The zero-order valence-electron chi connectivity index (χ0n) is 19.9. The third-order valence-electron chi connectivity index (χ3n) is 5.77. The molecule has 1 atom stereocenters. The van der Waals surface area contributed by atoms with Crippen LogP contribution in [0.25, 0.3) is 6.08 Å². The second kappa shape index (κ2) is 11.4. The molecule has 0 unspecified atom stereocenters. The van der Waals surface area contributed by atoms with Gasteiger partial charge in [-0.15, -0.1) is 0 Å². The predicted molar refractivity (Wildman–Crippen MR) is 130 cm³/mol. The summed E-state index contributed by atoms with van der Waals surface area (Å²) in [6.07, 6.45) is -3.23. The lowest BCUT2D eigenvalue weighted by Crippen LogP contribution is -2.34. The third-order valence-corrected chi connectivity index (χ3v) is 6.06. The first kappa shape index (κ1) is 26.7. The van der Waals surface area contributed by atoms with Crippen molar-refractivity contribution in [3.63, 3.8) is 0 Å². The summed E-state index contributed by atoms with van der Waals surface area (Å²) >= 11 is 6.10. The second-order valence-electron chi connectivity index (χ2n) is 8.68. The van der Waals surface area contributed by atoms with E-state index in [1.165, 1.54) is 12.1 Å². The van der Waals surface area contributed by atoms with E-state index in [9.17, 15) is 18.0 Å². The van der Waals surface area contributed by atoms with E-state index in [1.54, 1.807) is 24.3 Å². The van der Waals surface area contributed by atoms with Crippen LogP contribution in [0.3, 0.4) is 0 Å². The zero-order chi connectivity index (χ0) is 26.6. The smallest absolute Gasteiger partial charge is 0.489 e. The van der Waals surface area contributed by atoms with E-state index in [2.05, 4.69) is 4.90 Å². The molecule has 0 saturated carbocycles. The van der Waals surface area contributed by atoms with Crippen molar-refractivity contribution in [1.29, 1.82) is 0 Å². The van der Waals surface area contributed by atoms with Gasteiger partial charge in [0, 0.05) is 24.7 Å². The molecule has 0 spiro atoms. The molecule has 2 aromatic carbocycles. The quantitative estimate of drug-likeness (QED) is 0.394. The van der Waals surface area contributed by atoms with Crippen LogP contribution in [-0.2, 0) is 11.3 Å². The van der Waals surface area contributed by atoms with Crippen LogP contribution in [0.1, 0.15) is 24.5 Å². The Labute approximate surface area is 216 Å². The molecular formula is C26H25ClF3NO6. The maximum absolute atomic E-state index is 12.7. The maximum atomic E-state index is 12.7. The Balaban J connectivity index is 1.33. The van der Waals surface area contributed by atoms with Crippen molar-refractivity contribution in [1.82, 2.24) is 4.90 Å². The van der Waals surface area contributed by atoms with E-state index < -0.39 is 18.4 Å². The SMILES string of the molecule is C[C@H](Oc1ccc(COc2ccc3c(c2)OCC(CN2CCC=C(OC(=O)O)C2)=C3)cc1Cl)C(F)(F)F. The number of rotatable bonds is 8. The number of halogens is 4. The Hall–Kier alpha value is -3.37. The number of hydrogen-bond acceptors (Lipinski definition) is 6. The molecular weight excluding hydrogens is 515 g/mol. The van der Waals surface area contributed by atoms with Gasteiger partial charge in [-0.1, -0.05) is 17.7 Å². The Morgan fingerprint density at radius 3 is 2.78 bits per heavy atom. The predicted octanol–water partition coefficient (Wildman–Crippen LogP) is 6.31. The number of hydrogen-bond donors (Lipinski definition) is 1. The van der Waals surface area contributed by atoms with Crippen LogP contribution in [0.5, 0.6) is 17.2 Å². The van der Waals surface area contributed by atoms with Crippen molar-refractivity contribution in [2.45, 2.75) is 32.2 Å². The highest BCUT2D eigenvalue weighted by atomic mass is 35.5. The molecule has 1 N–H and O–H groups in total. The summed E-state index contributed by atoms with van der Waals surface area (Å²) in [4.78, 5) is 12.9. The van der Waals surface area contributed by atoms with Crippen molar-refractivity contribution in [3.05, 3.63) is 70.0 Å². The summed E-state index contributed by atoms with van der Waals surface area (Å²) < 4.78 is 59.6. The third kappa shape index (κ3) is 7.33. The molecule has 0 saturated heterocycles. The number of carboxylic acid groups (broad SMARTS) is 1. The summed E-state index contributed by atoms with van der Waals surface area (Å²) in [5.74, 6) is 1.61. The van der Waals surface area contributed by atoms with Gasteiger partial charge in [0.05, 0.1) is 11.6 Å². The topological polar surface area (TPSA) is 77.5 Å². The first-order valence-corrected chi connectivity index (χ1v) is 11.9. The van der Waals surface area contributed by atoms with Crippen LogP contribution in [0.4, 0.5) is 18.0 Å². The number of carbonyl (C=O) groups is 1. The highest BCUT2D eigenvalue weighted by molar-refractivity contribution is 6.32. The Morgan fingerprint density at radius 1 is 1.24 bits per heavy atom. The summed E-state index contributed by atoms with van der Waals surface area (Å²) in [7, 11) is 0. The van der Waals surface area contributed by atoms with E-state index in [4.69, 9.17) is 35.7 Å². The lowest BCUT2D eigenvalue weighted by atomic mass is 10.1. The monoisotopic (exact) mass is 539 g/mol. The lowest BCUT2D eigenvalue weighted by molar-refractivity contribution is -0.189. The molecule has 2 heterocycles. The molecule has 2 aromatic rings. The number of benzene rings is 2. The molecule has 0 radical (unpaired) electrons. The minimum absolute atomic E-state index is 0.0498. The van der Waals surface area contributed by atoms with E-state index in [-0.39, 0.29) is 17.4 Å². The van der Waals surface area contributed by atoms with Gasteiger partial charge >= 0.3 is 12.3 Å². The molecule has 0 amide bonds. The van der Waals surface area contributed by atoms with Crippen LogP contribution < -0.4 is 14.2 Å². The van der Waals surface area contributed by atoms with Crippen LogP contribution in [0.15, 0.2) is 53.8 Å². The van der Waals surface area contributed by atoms with Crippen molar-refractivity contribution >= 4 is 23.8 Å². The molecule has 0 fully saturated rings. The Kier molecular flexibility index (Phi) is 8.19. The van der Waals surface area contributed by atoms with Gasteiger partial charge in [0.2, 0.25) is 0 Å². The normalized spacial score (nSPS) is 16.6. The van der Waals surface area contributed by atoms with Crippen LogP contribution in [0.2, 0.25) is 5.02 Å². The van der Waals surface area contributed by atoms with Gasteiger partial charge in [-0.2, -0.15) is 13.2 Å². The van der Waals surface area contributed by atoms with E-state index in [1.807, 2.05) is 12.1 Å². The molecule has 198 valence electrons. The van der Waals surface area contributed by atoms with Crippen molar-refractivity contribution in [2.24, 2.45) is 0 Å². The van der Waals surface area contributed by atoms with Gasteiger partial charge in [0.15, 0.2) is 6.10 Å². The summed E-state index contributed by atoms with van der Waals surface area (Å²) in [5.41, 5.74) is 2.61. The van der Waals surface area contributed by atoms with Gasteiger partial charge in [-0.25, -0.2) is 4.79 Å². The van der Waals surface area contributed by atoms with Crippen molar-refractivity contribution in [2.75, 3.05) is 26.2 Å². The first-order valence-electron chi connectivity index (χ1n) is 11.5. The summed E-state index contributed by atoms with van der Waals surface area (Å²) in [5, 5.41) is 8.88. The molecule has 0 bridgehead atoms. The maximum Gasteiger partial charge on any atom is 0.511 e. The van der Waals surface area contributed by atoms with Crippen molar-refractivity contribution in [3.8, 4) is 17.2 Å².